The Hall–Kier alpha value is -1.22. The third-order valence-electron chi connectivity index (χ3n) is 2.74. The first kappa shape index (κ1) is 30.6. The van der Waals surface area contributed by atoms with Crippen molar-refractivity contribution < 1.29 is 9.18 Å². The summed E-state index contributed by atoms with van der Waals surface area (Å²) in [6.45, 7) is 17.6. The van der Waals surface area contributed by atoms with Gasteiger partial charge >= 0.3 is 0 Å². The molecule has 1 unspecified atom stereocenters. The Kier molecular flexibility index (Phi) is 34.0. The normalized spacial score (nSPS) is 9.29. The molecule has 1 rings (SSSR count). The van der Waals surface area contributed by atoms with E-state index < -0.39 is 0 Å². The van der Waals surface area contributed by atoms with Gasteiger partial charge in [-0.3, -0.25) is 4.79 Å². The largest absolute Gasteiger partial charge is 0.311 e. The Bertz CT molecular complexity index is 353. The second kappa shape index (κ2) is 26.7. The van der Waals surface area contributed by atoms with Crippen molar-refractivity contribution in [1.82, 2.24) is 5.32 Å². The number of carbonyl (C=O) groups excluding carboxylic acids is 1. The van der Waals surface area contributed by atoms with Crippen LogP contribution >= 0.6 is 0 Å². The maximum absolute atomic E-state index is 13.3. The van der Waals surface area contributed by atoms with Crippen LogP contribution in [0.25, 0.3) is 0 Å². The van der Waals surface area contributed by atoms with Gasteiger partial charge in [0.05, 0.1) is 6.04 Å². The number of halogens is 1. The lowest BCUT2D eigenvalue weighted by Gasteiger charge is -2.12. The first-order valence-corrected chi connectivity index (χ1v) is 9.56. The molecule has 0 radical (unpaired) electrons. The van der Waals surface area contributed by atoms with Gasteiger partial charge in [0.2, 0.25) is 0 Å². The van der Waals surface area contributed by atoms with E-state index in [1.165, 1.54) is 6.07 Å². The van der Waals surface area contributed by atoms with Crippen LogP contribution in [0.5, 0.6) is 0 Å². The SMILES string of the molecule is CC.CC.CC.CC.CNC(CCCc1ccccc1F)C(C)=O. The zero-order chi connectivity index (χ0) is 20.0. The number of Topliss-reactive ketones (excluding diaryl/α,β-unsaturated/α-hetero) is 1. The molecule has 144 valence electrons. The molecule has 0 fully saturated rings. The average molecular weight is 344 g/mol. The number of likely N-dealkylation sites (N-methyl/N-ethyl adjacent to an activating group) is 1. The van der Waals surface area contributed by atoms with Gasteiger partial charge in [-0.05, 0) is 44.9 Å². The Morgan fingerprint density at radius 1 is 1.00 bits per heavy atom. The summed E-state index contributed by atoms with van der Waals surface area (Å²) in [7, 11) is 1.77. The number of hydrogen-bond acceptors (Lipinski definition) is 2. The van der Waals surface area contributed by atoms with Crippen LogP contribution in [0.4, 0.5) is 4.39 Å². The molecule has 0 spiro atoms. The lowest BCUT2D eigenvalue weighted by molar-refractivity contribution is -0.119. The van der Waals surface area contributed by atoms with Crippen LogP contribution in [0, 0.1) is 5.82 Å². The smallest absolute Gasteiger partial charge is 0.146 e. The standard InChI is InChI=1S/C13H18FNO.4C2H6/c1-10(16)13(15-2)9-5-7-11-6-3-4-8-12(11)14;4*1-2/h3-4,6,8,13,15H,5,7,9H2,1-2H3;4*1-2H3. The molecule has 1 N–H and O–H groups in total. The van der Waals surface area contributed by atoms with Gasteiger partial charge in [0, 0.05) is 0 Å². The van der Waals surface area contributed by atoms with Gasteiger partial charge < -0.3 is 5.32 Å². The van der Waals surface area contributed by atoms with E-state index in [9.17, 15) is 9.18 Å². The molecule has 2 nitrogen and oxygen atoms in total. The lowest BCUT2D eigenvalue weighted by atomic mass is 10.0. The van der Waals surface area contributed by atoms with E-state index in [1.54, 1.807) is 26.1 Å². The molecule has 1 aromatic rings. The number of nitrogens with one attached hydrogen (secondary N) is 1. The highest BCUT2D eigenvalue weighted by Crippen LogP contribution is 2.11. The predicted molar refractivity (Wildman–Crippen MR) is 108 cm³/mol. The fourth-order valence-corrected chi connectivity index (χ4v) is 1.75. The van der Waals surface area contributed by atoms with Crippen LogP contribution in [0.2, 0.25) is 0 Å². The summed E-state index contributed by atoms with van der Waals surface area (Å²) in [5.41, 5.74) is 0.723. The maximum atomic E-state index is 13.3. The summed E-state index contributed by atoms with van der Waals surface area (Å²) in [6.07, 6.45) is 2.24. The first-order chi connectivity index (χ1) is 11.6. The zero-order valence-corrected chi connectivity index (χ0v) is 17.8. The summed E-state index contributed by atoms with van der Waals surface area (Å²) >= 11 is 0. The average Bonchev–Trinajstić information content (AvgIpc) is 2.66. The van der Waals surface area contributed by atoms with Crippen molar-refractivity contribution in [2.45, 2.75) is 87.6 Å². The molecule has 0 saturated heterocycles. The van der Waals surface area contributed by atoms with Gasteiger partial charge in [-0.1, -0.05) is 73.6 Å². The Morgan fingerprint density at radius 3 is 1.83 bits per heavy atom. The van der Waals surface area contributed by atoms with E-state index in [-0.39, 0.29) is 17.6 Å². The fraction of sp³-hybridized carbons (Fsp3) is 0.667. The molecule has 0 aliphatic carbocycles. The van der Waals surface area contributed by atoms with Crippen molar-refractivity contribution in [1.29, 1.82) is 0 Å². The van der Waals surface area contributed by atoms with Gasteiger partial charge in [-0.15, -0.1) is 0 Å². The van der Waals surface area contributed by atoms with Crippen LogP contribution in [0.3, 0.4) is 0 Å². The molecular weight excluding hydrogens is 301 g/mol. The molecule has 1 aromatic carbocycles. The topological polar surface area (TPSA) is 29.1 Å². The van der Waals surface area contributed by atoms with Crippen molar-refractivity contribution in [3.8, 4) is 0 Å². The first-order valence-electron chi connectivity index (χ1n) is 9.56. The molecule has 0 aliphatic heterocycles. The number of rotatable bonds is 6. The highest BCUT2D eigenvalue weighted by Gasteiger charge is 2.11. The minimum Gasteiger partial charge on any atom is -0.311 e. The van der Waals surface area contributed by atoms with Crippen LogP contribution < -0.4 is 5.32 Å². The molecule has 3 heteroatoms. The molecule has 0 aromatic heterocycles. The monoisotopic (exact) mass is 343 g/mol. The molecule has 0 saturated carbocycles. The Labute approximate surface area is 151 Å². The molecule has 1 atom stereocenters. The third-order valence-corrected chi connectivity index (χ3v) is 2.74. The van der Waals surface area contributed by atoms with E-state index in [2.05, 4.69) is 5.32 Å². The highest BCUT2D eigenvalue weighted by atomic mass is 19.1. The van der Waals surface area contributed by atoms with Gasteiger partial charge in [0.25, 0.3) is 0 Å². The molecule has 24 heavy (non-hydrogen) atoms. The van der Waals surface area contributed by atoms with E-state index in [4.69, 9.17) is 0 Å². The number of ketones is 1. The molecule has 0 heterocycles. The number of benzene rings is 1. The lowest BCUT2D eigenvalue weighted by Crippen LogP contribution is -2.32. The van der Waals surface area contributed by atoms with Crippen LogP contribution in [0.1, 0.15) is 80.7 Å². The predicted octanol–water partition coefficient (Wildman–Crippen LogP) is 6.43. The van der Waals surface area contributed by atoms with E-state index in [1.807, 2.05) is 61.5 Å². The summed E-state index contributed by atoms with van der Waals surface area (Å²) in [4.78, 5) is 11.1. The number of hydrogen-bond donors (Lipinski definition) is 1. The highest BCUT2D eigenvalue weighted by molar-refractivity contribution is 5.81. The minimum atomic E-state index is -0.161. The molecular formula is C21H42FNO. The quantitative estimate of drug-likeness (QED) is 0.645. The molecule has 0 amide bonds. The summed E-state index contributed by atoms with van der Waals surface area (Å²) in [6, 6.07) is 6.67. The molecule has 0 bridgehead atoms. The Balaban J connectivity index is -0.000000218. The van der Waals surface area contributed by atoms with E-state index in [0.717, 1.165) is 18.4 Å². The number of aryl methyl sites for hydroxylation is 1. The zero-order valence-electron chi connectivity index (χ0n) is 17.8. The van der Waals surface area contributed by atoms with Crippen molar-refractivity contribution >= 4 is 5.78 Å². The van der Waals surface area contributed by atoms with Gasteiger partial charge in [-0.2, -0.15) is 0 Å². The van der Waals surface area contributed by atoms with Gasteiger partial charge in [0.15, 0.2) is 0 Å². The van der Waals surface area contributed by atoms with Gasteiger partial charge in [-0.25, -0.2) is 4.39 Å². The molecule has 0 aliphatic rings. The Morgan fingerprint density at radius 2 is 1.46 bits per heavy atom. The van der Waals surface area contributed by atoms with Crippen molar-refractivity contribution in [2.75, 3.05) is 7.05 Å². The summed E-state index contributed by atoms with van der Waals surface area (Å²) in [5, 5.41) is 2.96. The van der Waals surface area contributed by atoms with Crippen LogP contribution in [-0.2, 0) is 11.2 Å². The van der Waals surface area contributed by atoms with Crippen molar-refractivity contribution in [2.24, 2.45) is 0 Å². The summed E-state index contributed by atoms with van der Waals surface area (Å²) < 4.78 is 13.3. The number of carbonyl (C=O) groups is 1. The fourth-order valence-electron chi connectivity index (χ4n) is 1.75. The van der Waals surface area contributed by atoms with E-state index >= 15 is 0 Å². The van der Waals surface area contributed by atoms with Crippen molar-refractivity contribution in [3.05, 3.63) is 35.6 Å². The second-order valence-corrected chi connectivity index (χ2v) is 3.94. The van der Waals surface area contributed by atoms with Crippen molar-refractivity contribution in [3.63, 3.8) is 0 Å². The van der Waals surface area contributed by atoms with E-state index in [0.29, 0.717) is 6.42 Å². The van der Waals surface area contributed by atoms with Crippen LogP contribution in [-0.4, -0.2) is 18.9 Å². The minimum absolute atomic E-state index is 0.105. The maximum Gasteiger partial charge on any atom is 0.146 e. The van der Waals surface area contributed by atoms with Gasteiger partial charge in [0.1, 0.15) is 11.6 Å². The van der Waals surface area contributed by atoms with Crippen LogP contribution in [0.15, 0.2) is 24.3 Å². The third kappa shape index (κ3) is 17.1. The summed E-state index contributed by atoms with van der Waals surface area (Å²) in [5.74, 6) is -0.0256. The second-order valence-electron chi connectivity index (χ2n) is 3.94.